The minimum atomic E-state index is -0.827. The highest BCUT2D eigenvalue weighted by Crippen LogP contribution is 2.70. The Kier molecular flexibility index (Phi) is 3.33. The fraction of sp³-hybridized carbons (Fsp3) is 0.467. The zero-order chi connectivity index (χ0) is 14.5. The molecule has 106 valence electrons. The summed E-state index contributed by atoms with van der Waals surface area (Å²) in [7, 11) is 0. The Balaban J connectivity index is 1.81. The molecule has 3 nitrogen and oxygen atoms in total. The van der Waals surface area contributed by atoms with Crippen molar-refractivity contribution in [2.45, 2.75) is 29.9 Å². The summed E-state index contributed by atoms with van der Waals surface area (Å²) in [4.78, 5) is 24.6. The Bertz CT molecular complexity index is 571. The van der Waals surface area contributed by atoms with Crippen LogP contribution in [0.3, 0.4) is 0 Å². The third kappa shape index (κ3) is 1.89. The molecule has 2 saturated carbocycles. The second-order valence-corrected chi connectivity index (χ2v) is 7.22. The number of rotatable bonds is 4. The van der Waals surface area contributed by atoms with E-state index < -0.39 is 17.3 Å². The molecule has 1 N–H and O–H groups in total. The van der Waals surface area contributed by atoms with Gasteiger partial charge in [-0.3, -0.25) is 9.59 Å². The van der Waals surface area contributed by atoms with Gasteiger partial charge in [0.05, 0.1) is 5.92 Å². The van der Waals surface area contributed by atoms with Crippen LogP contribution in [0.4, 0.5) is 0 Å². The number of benzene rings is 1. The number of aliphatic carboxylic acids is 1. The normalized spacial score (nSPS) is 34.9. The summed E-state index contributed by atoms with van der Waals surface area (Å²) in [6.45, 7) is 1.92. The molecule has 3 rings (SSSR count). The lowest BCUT2D eigenvalue weighted by molar-refractivity contribution is -0.142. The Morgan fingerprint density at radius 3 is 2.60 bits per heavy atom. The molecule has 0 bridgehead atoms. The molecule has 1 aromatic rings. The summed E-state index contributed by atoms with van der Waals surface area (Å²) < 4.78 is 0. The molecule has 2 fully saturated rings. The van der Waals surface area contributed by atoms with Gasteiger partial charge in [-0.15, -0.1) is 11.8 Å². The van der Waals surface area contributed by atoms with Gasteiger partial charge in [-0.25, -0.2) is 0 Å². The summed E-state index contributed by atoms with van der Waals surface area (Å²) in [6, 6.07) is 7.47. The van der Waals surface area contributed by atoms with Crippen LogP contribution in [0.25, 0.3) is 0 Å². The van der Waals surface area contributed by atoms with E-state index in [9.17, 15) is 14.7 Å². The standard InChI is InChI=1S/C15H15ClO3S/c1-2-15-11(17)7-10(12(15)13(15)14(18)19)20-9-5-3-8(16)4-6-9/h3-6,10,12-13H,2,7H2,1H3,(H,18,19). The highest BCUT2D eigenvalue weighted by Gasteiger charge is 2.77. The molecule has 4 atom stereocenters. The van der Waals surface area contributed by atoms with Crippen LogP contribution in [-0.2, 0) is 9.59 Å². The van der Waals surface area contributed by atoms with E-state index in [0.717, 1.165) is 4.90 Å². The zero-order valence-corrected chi connectivity index (χ0v) is 12.6. The van der Waals surface area contributed by atoms with Gasteiger partial charge in [-0.2, -0.15) is 0 Å². The molecule has 1 aromatic carbocycles. The molecule has 2 aliphatic rings. The van der Waals surface area contributed by atoms with Crippen molar-refractivity contribution in [2.24, 2.45) is 17.3 Å². The lowest BCUT2D eigenvalue weighted by atomic mass is 9.95. The maximum Gasteiger partial charge on any atom is 0.307 e. The van der Waals surface area contributed by atoms with Crippen LogP contribution in [0.5, 0.6) is 0 Å². The molecule has 4 unspecified atom stereocenters. The van der Waals surface area contributed by atoms with Gasteiger partial charge in [-0.1, -0.05) is 18.5 Å². The highest BCUT2D eigenvalue weighted by molar-refractivity contribution is 8.00. The number of carbonyl (C=O) groups excluding carboxylic acids is 1. The second kappa shape index (κ2) is 4.78. The molecule has 0 spiro atoms. The Labute approximate surface area is 126 Å². The molecule has 0 radical (unpaired) electrons. The molecule has 0 aliphatic heterocycles. The lowest BCUT2D eigenvalue weighted by Gasteiger charge is -2.12. The van der Waals surface area contributed by atoms with Gasteiger partial charge in [0, 0.05) is 27.0 Å². The molecule has 0 aromatic heterocycles. The summed E-state index contributed by atoms with van der Waals surface area (Å²) in [5.41, 5.74) is -0.587. The van der Waals surface area contributed by atoms with Gasteiger partial charge in [0.25, 0.3) is 0 Å². The number of hydrogen-bond acceptors (Lipinski definition) is 3. The van der Waals surface area contributed by atoms with E-state index in [1.807, 2.05) is 31.2 Å². The molecular weight excluding hydrogens is 296 g/mol. The van der Waals surface area contributed by atoms with Crippen molar-refractivity contribution < 1.29 is 14.7 Å². The van der Waals surface area contributed by atoms with Crippen molar-refractivity contribution in [3.8, 4) is 0 Å². The summed E-state index contributed by atoms with van der Waals surface area (Å²) in [6.07, 6.45) is 1.11. The number of ketones is 1. The van der Waals surface area contributed by atoms with E-state index >= 15 is 0 Å². The number of Topliss-reactive ketones (excluding diaryl/α,β-unsaturated/α-hetero) is 1. The van der Waals surface area contributed by atoms with E-state index in [0.29, 0.717) is 17.9 Å². The highest BCUT2D eigenvalue weighted by atomic mass is 35.5. The third-order valence-corrected chi connectivity index (χ3v) is 6.22. The molecule has 0 saturated heterocycles. The van der Waals surface area contributed by atoms with E-state index in [1.165, 1.54) is 0 Å². The number of hydrogen-bond donors (Lipinski definition) is 1. The van der Waals surface area contributed by atoms with Gasteiger partial charge >= 0.3 is 5.97 Å². The number of carbonyl (C=O) groups is 2. The maximum absolute atomic E-state index is 12.2. The Morgan fingerprint density at radius 1 is 1.45 bits per heavy atom. The monoisotopic (exact) mass is 310 g/mol. The first kappa shape index (κ1) is 14.0. The van der Waals surface area contributed by atoms with Crippen molar-refractivity contribution in [1.29, 1.82) is 0 Å². The summed E-state index contributed by atoms with van der Waals surface area (Å²) in [5.74, 6) is -1.20. The van der Waals surface area contributed by atoms with Crippen molar-refractivity contribution >= 4 is 35.1 Å². The first-order valence-electron chi connectivity index (χ1n) is 6.69. The minimum absolute atomic E-state index is 0.0156. The van der Waals surface area contributed by atoms with Crippen LogP contribution in [-0.4, -0.2) is 22.1 Å². The van der Waals surface area contributed by atoms with E-state index in [4.69, 9.17) is 11.6 Å². The van der Waals surface area contributed by atoms with Crippen LogP contribution in [0.2, 0.25) is 5.02 Å². The fourth-order valence-corrected chi connectivity index (χ4v) is 5.25. The molecule has 0 heterocycles. The van der Waals surface area contributed by atoms with Crippen molar-refractivity contribution in [3.05, 3.63) is 29.3 Å². The predicted molar refractivity (Wildman–Crippen MR) is 78.1 cm³/mol. The average Bonchev–Trinajstić information content (AvgIpc) is 3.03. The number of carboxylic acids is 1. The molecule has 20 heavy (non-hydrogen) atoms. The van der Waals surface area contributed by atoms with Crippen molar-refractivity contribution in [1.82, 2.24) is 0 Å². The Morgan fingerprint density at radius 2 is 2.10 bits per heavy atom. The summed E-state index contributed by atoms with van der Waals surface area (Å²) in [5, 5.41) is 10.1. The number of carboxylic acid groups (broad SMARTS) is 1. The van der Waals surface area contributed by atoms with Crippen LogP contribution in [0, 0.1) is 17.3 Å². The van der Waals surface area contributed by atoms with E-state index in [-0.39, 0.29) is 17.0 Å². The van der Waals surface area contributed by atoms with Gasteiger partial charge in [0.15, 0.2) is 0 Å². The smallest absolute Gasteiger partial charge is 0.307 e. The molecule has 2 aliphatic carbocycles. The van der Waals surface area contributed by atoms with Crippen LogP contribution in [0.15, 0.2) is 29.2 Å². The van der Waals surface area contributed by atoms with Crippen LogP contribution >= 0.6 is 23.4 Å². The lowest BCUT2D eigenvalue weighted by Crippen LogP contribution is -2.20. The van der Waals surface area contributed by atoms with Gasteiger partial charge in [0.2, 0.25) is 0 Å². The fourth-order valence-electron chi connectivity index (χ4n) is 3.70. The van der Waals surface area contributed by atoms with Gasteiger partial charge in [0.1, 0.15) is 5.78 Å². The second-order valence-electron chi connectivity index (χ2n) is 5.47. The molecule has 0 amide bonds. The first-order valence-corrected chi connectivity index (χ1v) is 7.94. The third-order valence-electron chi connectivity index (χ3n) is 4.66. The quantitative estimate of drug-likeness (QED) is 0.924. The van der Waals surface area contributed by atoms with Crippen molar-refractivity contribution in [2.75, 3.05) is 0 Å². The van der Waals surface area contributed by atoms with Crippen LogP contribution < -0.4 is 0 Å². The SMILES string of the molecule is CCC12C(=O)CC(Sc3ccc(Cl)cc3)C1C2C(=O)O. The number of fused-ring (bicyclic) bond motifs is 1. The van der Waals surface area contributed by atoms with Gasteiger partial charge in [-0.05, 0) is 36.6 Å². The average molecular weight is 311 g/mol. The van der Waals surface area contributed by atoms with E-state index in [2.05, 4.69) is 0 Å². The van der Waals surface area contributed by atoms with Crippen molar-refractivity contribution in [3.63, 3.8) is 0 Å². The van der Waals surface area contributed by atoms with Gasteiger partial charge < -0.3 is 5.11 Å². The number of thioether (sulfide) groups is 1. The number of halogens is 1. The first-order chi connectivity index (χ1) is 9.50. The molecule has 5 heteroatoms. The maximum atomic E-state index is 12.2. The zero-order valence-electron chi connectivity index (χ0n) is 11.0. The Hall–Kier alpha value is -1.00. The largest absolute Gasteiger partial charge is 0.481 e. The topological polar surface area (TPSA) is 54.4 Å². The van der Waals surface area contributed by atoms with E-state index in [1.54, 1.807) is 11.8 Å². The van der Waals surface area contributed by atoms with Crippen LogP contribution in [0.1, 0.15) is 19.8 Å². The summed E-state index contributed by atoms with van der Waals surface area (Å²) >= 11 is 7.46. The molecular formula is C15H15ClO3S. The predicted octanol–water partition coefficient (Wildman–Crippen LogP) is 3.50. The minimum Gasteiger partial charge on any atom is -0.481 e.